The van der Waals surface area contributed by atoms with Crippen LogP contribution in [0.25, 0.3) is 0 Å². The fourth-order valence-corrected chi connectivity index (χ4v) is 1.53. The van der Waals surface area contributed by atoms with Crippen molar-refractivity contribution in [2.75, 3.05) is 13.1 Å². The Kier molecular flexibility index (Phi) is 5.45. The van der Waals surface area contributed by atoms with E-state index in [2.05, 4.69) is 10.6 Å². The van der Waals surface area contributed by atoms with Crippen LogP contribution < -0.4 is 10.6 Å². The summed E-state index contributed by atoms with van der Waals surface area (Å²) in [6.07, 6.45) is 0.0925. The molecule has 0 bridgehead atoms. The minimum atomic E-state index is -0.777. The SMILES string of the molecule is CCNC(=O)CCNC(=O)c1cccc([N+](=O)[O-])c1O. The number of phenolic OH excluding ortho intramolecular Hbond substituents is 1. The Morgan fingerprint density at radius 3 is 2.65 bits per heavy atom. The highest BCUT2D eigenvalue weighted by Crippen LogP contribution is 2.28. The fraction of sp³-hybridized carbons (Fsp3) is 0.333. The van der Waals surface area contributed by atoms with Crippen LogP contribution in [0.2, 0.25) is 0 Å². The van der Waals surface area contributed by atoms with Crippen molar-refractivity contribution in [1.29, 1.82) is 0 Å². The molecule has 1 aromatic carbocycles. The highest BCUT2D eigenvalue weighted by molar-refractivity contribution is 5.98. The first kappa shape index (κ1) is 15.4. The van der Waals surface area contributed by atoms with Crippen molar-refractivity contribution in [2.24, 2.45) is 0 Å². The van der Waals surface area contributed by atoms with Crippen LogP contribution in [0.3, 0.4) is 0 Å². The van der Waals surface area contributed by atoms with Gasteiger partial charge < -0.3 is 15.7 Å². The summed E-state index contributed by atoms with van der Waals surface area (Å²) in [5.74, 6) is -1.57. The summed E-state index contributed by atoms with van der Waals surface area (Å²) >= 11 is 0. The van der Waals surface area contributed by atoms with Crippen molar-refractivity contribution in [3.63, 3.8) is 0 Å². The Morgan fingerprint density at radius 2 is 2.05 bits per heavy atom. The molecule has 0 saturated carbocycles. The maximum Gasteiger partial charge on any atom is 0.311 e. The zero-order chi connectivity index (χ0) is 15.1. The smallest absolute Gasteiger partial charge is 0.311 e. The van der Waals surface area contributed by atoms with Gasteiger partial charge in [-0.15, -0.1) is 0 Å². The molecular formula is C12H15N3O5. The van der Waals surface area contributed by atoms with Gasteiger partial charge in [0, 0.05) is 25.6 Å². The Labute approximate surface area is 114 Å². The molecule has 8 heteroatoms. The number of nitrogens with one attached hydrogen (secondary N) is 2. The monoisotopic (exact) mass is 281 g/mol. The van der Waals surface area contributed by atoms with Gasteiger partial charge in [-0.3, -0.25) is 19.7 Å². The van der Waals surface area contributed by atoms with Crippen LogP contribution in [-0.4, -0.2) is 34.9 Å². The zero-order valence-electron chi connectivity index (χ0n) is 10.9. The molecule has 108 valence electrons. The van der Waals surface area contributed by atoms with E-state index in [9.17, 15) is 24.8 Å². The van der Waals surface area contributed by atoms with Gasteiger partial charge in [0.1, 0.15) is 0 Å². The third-order valence-electron chi connectivity index (χ3n) is 2.47. The number of carbonyl (C=O) groups excluding carboxylic acids is 2. The van der Waals surface area contributed by atoms with E-state index in [0.717, 1.165) is 6.07 Å². The number of hydrogen-bond donors (Lipinski definition) is 3. The number of carbonyl (C=O) groups is 2. The first-order chi connectivity index (χ1) is 9.47. The zero-order valence-corrected chi connectivity index (χ0v) is 10.9. The topological polar surface area (TPSA) is 122 Å². The maximum absolute atomic E-state index is 11.8. The summed E-state index contributed by atoms with van der Waals surface area (Å²) < 4.78 is 0. The van der Waals surface area contributed by atoms with E-state index in [0.29, 0.717) is 6.54 Å². The average Bonchev–Trinajstić information content (AvgIpc) is 2.38. The van der Waals surface area contributed by atoms with Gasteiger partial charge in [0.25, 0.3) is 5.91 Å². The maximum atomic E-state index is 11.8. The molecular weight excluding hydrogens is 266 g/mol. The normalized spacial score (nSPS) is 9.85. The van der Waals surface area contributed by atoms with Crippen LogP contribution in [0.1, 0.15) is 23.7 Å². The first-order valence-electron chi connectivity index (χ1n) is 5.98. The molecule has 0 radical (unpaired) electrons. The second-order valence-corrected chi connectivity index (χ2v) is 3.89. The molecule has 2 amide bonds. The number of para-hydroxylation sites is 1. The number of nitrogens with zero attached hydrogens (tertiary/aromatic N) is 1. The number of amides is 2. The van der Waals surface area contributed by atoms with Gasteiger partial charge in [-0.2, -0.15) is 0 Å². The lowest BCUT2D eigenvalue weighted by atomic mass is 10.1. The lowest BCUT2D eigenvalue weighted by Crippen LogP contribution is -2.30. The van der Waals surface area contributed by atoms with Crippen molar-refractivity contribution in [2.45, 2.75) is 13.3 Å². The number of aromatic hydroxyl groups is 1. The molecule has 0 aliphatic carbocycles. The summed E-state index contributed by atoms with van der Waals surface area (Å²) in [5.41, 5.74) is -0.739. The van der Waals surface area contributed by atoms with Crippen LogP contribution in [-0.2, 0) is 4.79 Å². The quantitative estimate of drug-likeness (QED) is 0.519. The molecule has 0 aliphatic rings. The second-order valence-electron chi connectivity index (χ2n) is 3.89. The molecule has 0 fully saturated rings. The molecule has 0 unspecified atom stereocenters. The first-order valence-corrected chi connectivity index (χ1v) is 5.98. The molecule has 8 nitrogen and oxygen atoms in total. The third-order valence-corrected chi connectivity index (χ3v) is 2.47. The van der Waals surface area contributed by atoms with E-state index in [1.54, 1.807) is 6.92 Å². The van der Waals surface area contributed by atoms with Gasteiger partial charge in [0.05, 0.1) is 10.5 Å². The molecule has 0 aliphatic heterocycles. The third kappa shape index (κ3) is 3.94. The number of phenols is 1. The van der Waals surface area contributed by atoms with Crippen LogP contribution in [0.5, 0.6) is 5.75 Å². The lowest BCUT2D eigenvalue weighted by molar-refractivity contribution is -0.385. The summed E-state index contributed by atoms with van der Waals surface area (Å²) in [6, 6.07) is 3.67. The van der Waals surface area contributed by atoms with Gasteiger partial charge in [-0.25, -0.2) is 0 Å². The Bertz CT molecular complexity index is 530. The molecule has 0 saturated heterocycles. The van der Waals surface area contributed by atoms with E-state index in [-0.39, 0.29) is 24.4 Å². The van der Waals surface area contributed by atoms with E-state index >= 15 is 0 Å². The van der Waals surface area contributed by atoms with Gasteiger partial charge >= 0.3 is 5.69 Å². The van der Waals surface area contributed by atoms with Crippen LogP contribution in [0, 0.1) is 10.1 Å². The number of rotatable bonds is 6. The highest BCUT2D eigenvalue weighted by atomic mass is 16.6. The summed E-state index contributed by atoms with van der Waals surface area (Å²) in [6.45, 7) is 2.35. The summed E-state index contributed by atoms with van der Waals surface area (Å²) in [4.78, 5) is 32.8. The Hall–Kier alpha value is -2.64. The van der Waals surface area contributed by atoms with E-state index < -0.39 is 22.3 Å². The van der Waals surface area contributed by atoms with Crippen molar-refractivity contribution >= 4 is 17.5 Å². The molecule has 0 atom stereocenters. The number of nitro benzene ring substituents is 1. The van der Waals surface area contributed by atoms with E-state index in [1.165, 1.54) is 12.1 Å². The number of benzene rings is 1. The number of nitro groups is 1. The predicted molar refractivity (Wildman–Crippen MR) is 70.4 cm³/mol. The molecule has 1 rings (SSSR count). The van der Waals surface area contributed by atoms with Crippen LogP contribution in [0.4, 0.5) is 5.69 Å². The van der Waals surface area contributed by atoms with Gasteiger partial charge in [0.15, 0.2) is 0 Å². The van der Waals surface area contributed by atoms with Crippen molar-refractivity contribution < 1.29 is 19.6 Å². The van der Waals surface area contributed by atoms with Crippen LogP contribution in [0.15, 0.2) is 18.2 Å². The van der Waals surface area contributed by atoms with Gasteiger partial charge in [0.2, 0.25) is 11.7 Å². The van der Waals surface area contributed by atoms with Crippen molar-refractivity contribution in [3.8, 4) is 5.75 Å². The van der Waals surface area contributed by atoms with E-state index in [4.69, 9.17) is 0 Å². The molecule has 0 heterocycles. The summed E-state index contributed by atoms with van der Waals surface area (Å²) in [5, 5.41) is 25.3. The van der Waals surface area contributed by atoms with Crippen LogP contribution >= 0.6 is 0 Å². The molecule has 1 aromatic rings. The molecule has 0 spiro atoms. The second kappa shape index (κ2) is 7.07. The Morgan fingerprint density at radius 1 is 1.35 bits per heavy atom. The van der Waals surface area contributed by atoms with Gasteiger partial charge in [-0.1, -0.05) is 6.07 Å². The van der Waals surface area contributed by atoms with E-state index in [1.807, 2.05) is 0 Å². The molecule has 0 aromatic heterocycles. The molecule has 3 N–H and O–H groups in total. The minimum Gasteiger partial charge on any atom is -0.502 e. The predicted octanol–water partition coefficient (Wildman–Crippen LogP) is 0.556. The average molecular weight is 281 g/mol. The fourth-order valence-electron chi connectivity index (χ4n) is 1.53. The largest absolute Gasteiger partial charge is 0.502 e. The minimum absolute atomic E-state index is 0.0762. The molecule has 20 heavy (non-hydrogen) atoms. The summed E-state index contributed by atoms with van der Waals surface area (Å²) in [7, 11) is 0. The standard InChI is InChI=1S/C12H15N3O5/c1-2-13-10(16)6-7-14-12(18)8-4-3-5-9(11(8)17)15(19)20/h3-5,17H,2,6-7H2,1H3,(H,13,16)(H,14,18). The van der Waals surface area contributed by atoms with Crippen molar-refractivity contribution in [3.05, 3.63) is 33.9 Å². The Balaban J connectivity index is 2.67. The lowest BCUT2D eigenvalue weighted by Gasteiger charge is -2.07. The number of hydrogen-bond acceptors (Lipinski definition) is 5. The van der Waals surface area contributed by atoms with Gasteiger partial charge in [-0.05, 0) is 13.0 Å². The van der Waals surface area contributed by atoms with Crippen molar-refractivity contribution in [1.82, 2.24) is 10.6 Å². The highest BCUT2D eigenvalue weighted by Gasteiger charge is 2.20.